The summed E-state index contributed by atoms with van der Waals surface area (Å²) in [6.07, 6.45) is 42.4. The molecule has 0 N–H and O–H groups in total. The highest BCUT2D eigenvalue weighted by molar-refractivity contribution is 4.98. The number of halogens is 2. The van der Waals surface area contributed by atoms with E-state index in [-0.39, 0.29) is 12.8 Å². The van der Waals surface area contributed by atoms with E-state index in [1.165, 1.54) is 96.3 Å². The van der Waals surface area contributed by atoms with E-state index < -0.39 is 5.92 Å². The third-order valence-corrected chi connectivity index (χ3v) is 14.1. The molecule has 0 atom stereocenters. The molecule has 0 aromatic carbocycles. The minimum atomic E-state index is -2.33. The average Bonchev–Trinajstić information content (AvgIpc) is 3.78. The zero-order chi connectivity index (χ0) is 29.0. The zero-order valence-electron chi connectivity index (χ0n) is 27.5. The van der Waals surface area contributed by atoms with Crippen molar-refractivity contribution in [2.45, 2.75) is 205 Å². The lowest BCUT2D eigenvalue weighted by Crippen LogP contribution is -2.25. The lowest BCUT2D eigenvalue weighted by atomic mass is 9.84. The molecule has 1 nitrogen and oxygen atoms in total. The van der Waals surface area contributed by atoms with Crippen molar-refractivity contribution >= 4 is 0 Å². The Morgan fingerprint density at radius 3 is 0.810 bits per heavy atom. The number of hydrogen-bond donors (Lipinski definition) is 0. The van der Waals surface area contributed by atoms with Crippen LogP contribution in [0.25, 0.3) is 0 Å². The molecule has 5 spiro atoms. The molecule has 0 amide bonds. The second-order valence-electron chi connectivity index (χ2n) is 17.7. The Morgan fingerprint density at radius 1 is 0.262 bits per heavy atom. The molecule has 9 aliphatic carbocycles. The summed E-state index contributed by atoms with van der Waals surface area (Å²) in [5, 5.41) is 0. The van der Waals surface area contributed by atoms with Crippen LogP contribution in [0.3, 0.4) is 0 Å². The van der Waals surface area contributed by atoms with E-state index in [4.69, 9.17) is 4.74 Å². The molecule has 9 saturated carbocycles. The Kier molecular flexibility index (Phi) is 10.0. The van der Waals surface area contributed by atoms with Crippen LogP contribution in [0.5, 0.6) is 0 Å². The zero-order valence-corrected chi connectivity index (χ0v) is 27.5. The minimum Gasteiger partial charge on any atom is -0.381 e. The summed E-state index contributed by atoms with van der Waals surface area (Å²) in [7, 11) is 0. The Morgan fingerprint density at radius 2 is 0.500 bits per heavy atom. The lowest BCUT2D eigenvalue weighted by Gasteiger charge is -2.27. The predicted molar refractivity (Wildman–Crippen MR) is 171 cm³/mol. The SMILES string of the molecule is C1CC2(CCO1)CC2.C1CCC2(C1)CC2.C1CCC2(CC1)CC2.C1CCCC2(CC1)CC2.FC1(F)CCC2(CC1)CC2. The molecule has 1 heterocycles. The fourth-order valence-electron chi connectivity index (χ4n) is 9.24. The van der Waals surface area contributed by atoms with Crippen molar-refractivity contribution in [2.24, 2.45) is 27.1 Å². The normalized spacial score (nSPS) is 33.3. The molecule has 1 saturated heterocycles. The second kappa shape index (κ2) is 13.3. The van der Waals surface area contributed by atoms with E-state index in [1.54, 1.807) is 77.0 Å². The number of ether oxygens (including phenoxy) is 1. The van der Waals surface area contributed by atoms with Crippen LogP contribution >= 0.6 is 0 Å². The lowest BCUT2D eigenvalue weighted by molar-refractivity contribution is -0.0496. The van der Waals surface area contributed by atoms with Gasteiger partial charge in [-0.05, 0) is 155 Å². The van der Waals surface area contributed by atoms with E-state index in [0.29, 0.717) is 5.41 Å². The quantitative estimate of drug-likeness (QED) is 0.273. The standard InChI is InChI=1S/C9H16.C8H12F2.C8H14.C7H12O.C7H12/c1-2-4-6-9(5-3-1)7-8-9;9-8(10)5-3-7(1-2-7)4-6-8;1-2-4-8(5-3-1)6-7-8;1-2-7(1)3-5-8-6-4-7;1-2-4-7(3-1)5-6-7/h1-8H2;1-6H2;1-7H2;1-6H2;1-6H2. The first-order valence-electron chi connectivity index (χ1n) is 19.2. The molecular formula is C39H66F2O. The maximum atomic E-state index is 12.6. The van der Waals surface area contributed by atoms with Crippen molar-refractivity contribution < 1.29 is 13.5 Å². The third-order valence-electron chi connectivity index (χ3n) is 14.1. The smallest absolute Gasteiger partial charge is 0.248 e. The van der Waals surface area contributed by atoms with Crippen molar-refractivity contribution in [3.05, 3.63) is 0 Å². The molecule has 42 heavy (non-hydrogen) atoms. The molecule has 242 valence electrons. The van der Waals surface area contributed by atoms with Crippen molar-refractivity contribution in [3.63, 3.8) is 0 Å². The number of alkyl halides is 2. The molecule has 0 aromatic rings. The molecule has 10 aliphatic rings. The predicted octanol–water partition coefficient (Wildman–Crippen LogP) is 12.7. The highest BCUT2D eigenvalue weighted by atomic mass is 19.3. The Balaban J connectivity index is 0.0000000943. The van der Waals surface area contributed by atoms with E-state index in [0.717, 1.165) is 47.7 Å². The van der Waals surface area contributed by atoms with Gasteiger partial charge in [-0.25, -0.2) is 8.78 Å². The minimum absolute atomic E-state index is 0.146. The van der Waals surface area contributed by atoms with Crippen LogP contribution in [0.2, 0.25) is 0 Å². The molecule has 1 aliphatic heterocycles. The van der Waals surface area contributed by atoms with Gasteiger partial charge in [0.15, 0.2) is 0 Å². The fourth-order valence-corrected chi connectivity index (χ4v) is 9.24. The third kappa shape index (κ3) is 9.66. The molecule has 0 aromatic heterocycles. The molecule has 10 rings (SSSR count). The summed E-state index contributed by atoms with van der Waals surface area (Å²) >= 11 is 0. The van der Waals surface area contributed by atoms with E-state index in [9.17, 15) is 8.78 Å². The Hall–Kier alpha value is -0.180. The first-order valence-corrected chi connectivity index (χ1v) is 19.2. The van der Waals surface area contributed by atoms with E-state index in [1.807, 2.05) is 0 Å². The maximum Gasteiger partial charge on any atom is 0.248 e. The van der Waals surface area contributed by atoms with Gasteiger partial charge in [0.05, 0.1) is 0 Å². The van der Waals surface area contributed by atoms with Gasteiger partial charge < -0.3 is 4.74 Å². The summed E-state index contributed by atoms with van der Waals surface area (Å²) in [5.41, 5.74) is 3.99. The summed E-state index contributed by atoms with van der Waals surface area (Å²) in [5.74, 6) is -2.33. The van der Waals surface area contributed by atoms with Crippen LogP contribution in [-0.2, 0) is 4.74 Å². The van der Waals surface area contributed by atoms with Gasteiger partial charge in [0.2, 0.25) is 5.92 Å². The van der Waals surface area contributed by atoms with Crippen molar-refractivity contribution in [1.29, 1.82) is 0 Å². The van der Waals surface area contributed by atoms with Crippen molar-refractivity contribution in [3.8, 4) is 0 Å². The topological polar surface area (TPSA) is 9.23 Å². The monoisotopic (exact) mass is 589 g/mol. The van der Waals surface area contributed by atoms with Crippen LogP contribution in [-0.4, -0.2) is 19.1 Å². The van der Waals surface area contributed by atoms with Crippen LogP contribution in [0, 0.1) is 27.1 Å². The number of rotatable bonds is 0. The largest absolute Gasteiger partial charge is 0.381 e. The summed E-state index contributed by atoms with van der Waals surface area (Å²) < 4.78 is 30.4. The van der Waals surface area contributed by atoms with Crippen LogP contribution in [0.15, 0.2) is 0 Å². The molecule has 10 fully saturated rings. The van der Waals surface area contributed by atoms with Crippen LogP contribution in [0.1, 0.15) is 199 Å². The summed E-state index contributed by atoms with van der Waals surface area (Å²) in [6, 6.07) is 0. The van der Waals surface area contributed by atoms with Gasteiger partial charge >= 0.3 is 0 Å². The van der Waals surface area contributed by atoms with Crippen LogP contribution in [0.4, 0.5) is 8.78 Å². The Bertz CT molecular complexity index is 764. The van der Waals surface area contributed by atoms with Gasteiger partial charge in [0.25, 0.3) is 0 Å². The first kappa shape index (κ1) is 31.8. The molecule has 0 radical (unpaired) electrons. The van der Waals surface area contributed by atoms with Gasteiger partial charge in [0, 0.05) is 26.1 Å². The van der Waals surface area contributed by atoms with E-state index in [2.05, 4.69) is 0 Å². The average molecular weight is 589 g/mol. The van der Waals surface area contributed by atoms with Gasteiger partial charge in [0.1, 0.15) is 0 Å². The summed E-state index contributed by atoms with van der Waals surface area (Å²) in [6.45, 7) is 2.06. The highest BCUT2D eigenvalue weighted by Gasteiger charge is 2.50. The van der Waals surface area contributed by atoms with Crippen molar-refractivity contribution in [2.75, 3.05) is 13.2 Å². The van der Waals surface area contributed by atoms with Gasteiger partial charge in [-0.15, -0.1) is 0 Å². The summed E-state index contributed by atoms with van der Waals surface area (Å²) in [4.78, 5) is 0. The van der Waals surface area contributed by atoms with Gasteiger partial charge in [-0.3, -0.25) is 0 Å². The van der Waals surface area contributed by atoms with E-state index >= 15 is 0 Å². The highest BCUT2D eigenvalue weighted by Crippen LogP contribution is 2.59. The number of hydrogen-bond acceptors (Lipinski definition) is 1. The Labute approximate surface area is 258 Å². The second-order valence-corrected chi connectivity index (χ2v) is 17.7. The van der Waals surface area contributed by atoms with Gasteiger partial charge in [-0.1, -0.05) is 57.8 Å². The molecule has 0 bridgehead atoms. The molecule has 3 heteroatoms. The first-order chi connectivity index (χ1) is 20.3. The van der Waals surface area contributed by atoms with Crippen molar-refractivity contribution in [1.82, 2.24) is 0 Å². The van der Waals surface area contributed by atoms with Crippen LogP contribution < -0.4 is 0 Å². The van der Waals surface area contributed by atoms with Gasteiger partial charge in [-0.2, -0.15) is 0 Å². The maximum absolute atomic E-state index is 12.6. The molecular weight excluding hydrogens is 522 g/mol. The molecule has 0 unspecified atom stereocenters. The fraction of sp³-hybridized carbons (Fsp3) is 1.00.